The molecule has 2 N–H and O–H groups in total. The van der Waals surface area contributed by atoms with E-state index >= 15 is 0 Å². The first kappa shape index (κ1) is 26.5. The Balaban J connectivity index is 1.00. The SMILES string of the molecule is O=C(c1ccc(NC(=O)C2CC(c3cccnc3)=NO2)cc1)c1ccc(NC(=O)C2CC(c3cccnc3)=NO2)cc1. The molecule has 0 spiro atoms. The molecule has 2 aliphatic rings. The second-order valence-electron chi connectivity index (χ2n) is 9.62. The van der Waals surface area contributed by atoms with E-state index in [9.17, 15) is 14.4 Å². The van der Waals surface area contributed by atoms with Crippen LogP contribution in [0.15, 0.2) is 108 Å². The number of hydrogen-bond acceptors (Lipinski definition) is 9. The van der Waals surface area contributed by atoms with Crippen LogP contribution in [-0.4, -0.2) is 51.2 Å². The quantitative estimate of drug-likeness (QED) is 0.310. The predicted octanol–water partition coefficient (Wildman–Crippen LogP) is 3.97. The Morgan fingerprint density at radius 2 is 1.05 bits per heavy atom. The Labute approximate surface area is 240 Å². The molecule has 4 aromatic rings. The van der Waals surface area contributed by atoms with E-state index in [0.29, 0.717) is 46.8 Å². The molecule has 0 bridgehead atoms. The summed E-state index contributed by atoms with van der Waals surface area (Å²) in [5.74, 6) is -0.873. The van der Waals surface area contributed by atoms with E-state index in [0.717, 1.165) is 11.1 Å². The van der Waals surface area contributed by atoms with Crippen molar-refractivity contribution >= 4 is 40.4 Å². The fourth-order valence-corrected chi connectivity index (χ4v) is 4.47. The Bertz CT molecular complexity index is 1550. The van der Waals surface area contributed by atoms with Gasteiger partial charge in [-0.15, -0.1) is 0 Å². The van der Waals surface area contributed by atoms with Crippen molar-refractivity contribution in [3.05, 3.63) is 120 Å². The highest BCUT2D eigenvalue weighted by Crippen LogP contribution is 2.21. The third kappa shape index (κ3) is 5.89. The maximum absolute atomic E-state index is 13.0. The molecule has 2 aliphatic heterocycles. The molecule has 0 radical (unpaired) electrons. The van der Waals surface area contributed by atoms with Gasteiger partial charge >= 0.3 is 0 Å². The zero-order chi connectivity index (χ0) is 28.9. The maximum atomic E-state index is 13.0. The largest absolute Gasteiger partial charge is 0.382 e. The van der Waals surface area contributed by atoms with Crippen LogP contribution in [0.1, 0.15) is 39.9 Å². The number of hydrogen-bond donors (Lipinski definition) is 2. The number of amides is 2. The summed E-state index contributed by atoms with van der Waals surface area (Å²) in [6.07, 6.45) is 5.82. The standard InChI is InChI=1S/C31H24N6O5/c38-29(19-5-9-23(10-6-19)34-30(39)27-15-25(36-41-27)21-3-1-13-32-17-21)20-7-11-24(12-8-20)35-31(40)28-16-26(37-42-28)22-4-2-14-33-18-22/h1-14,17-18,27-28H,15-16H2,(H,34,39)(H,35,40). The minimum atomic E-state index is -0.753. The van der Waals surface area contributed by atoms with Gasteiger partial charge in [-0.2, -0.15) is 0 Å². The van der Waals surface area contributed by atoms with Crippen molar-refractivity contribution in [3.63, 3.8) is 0 Å². The lowest BCUT2D eigenvalue weighted by Crippen LogP contribution is -2.28. The molecule has 2 atom stereocenters. The number of aromatic nitrogens is 2. The van der Waals surface area contributed by atoms with Crippen molar-refractivity contribution in [2.45, 2.75) is 25.0 Å². The number of nitrogens with one attached hydrogen (secondary N) is 2. The number of oxime groups is 2. The molecule has 11 heteroatoms. The molecule has 0 saturated carbocycles. The minimum Gasteiger partial charge on any atom is -0.382 e. The number of nitrogens with zero attached hydrogens (tertiary/aromatic N) is 4. The molecule has 6 rings (SSSR count). The summed E-state index contributed by atoms with van der Waals surface area (Å²) >= 11 is 0. The van der Waals surface area contributed by atoms with Gasteiger partial charge < -0.3 is 20.3 Å². The Morgan fingerprint density at radius 1 is 0.619 bits per heavy atom. The van der Waals surface area contributed by atoms with Gasteiger partial charge in [0.05, 0.1) is 11.4 Å². The van der Waals surface area contributed by atoms with Gasteiger partial charge in [0, 0.05) is 71.3 Å². The lowest BCUT2D eigenvalue weighted by atomic mass is 10.0. The summed E-state index contributed by atoms with van der Waals surface area (Å²) in [5, 5.41) is 13.6. The van der Waals surface area contributed by atoms with Crippen molar-refractivity contribution in [2.75, 3.05) is 10.6 Å². The molecule has 0 fully saturated rings. The van der Waals surface area contributed by atoms with Crippen LogP contribution in [0, 0.1) is 0 Å². The summed E-state index contributed by atoms with van der Waals surface area (Å²) in [7, 11) is 0. The van der Waals surface area contributed by atoms with Gasteiger partial charge in [-0.1, -0.05) is 10.3 Å². The zero-order valence-electron chi connectivity index (χ0n) is 22.1. The van der Waals surface area contributed by atoms with Crippen LogP contribution in [0.5, 0.6) is 0 Å². The minimum absolute atomic E-state index is 0.201. The summed E-state index contributed by atoms with van der Waals surface area (Å²) in [6, 6.07) is 20.5. The summed E-state index contributed by atoms with van der Waals surface area (Å²) in [5.41, 5.74) is 4.87. The first-order chi connectivity index (χ1) is 20.5. The fraction of sp³-hybridized carbons (Fsp3) is 0.129. The third-order valence-corrected chi connectivity index (χ3v) is 6.74. The number of carbonyl (C=O) groups excluding carboxylic acids is 3. The zero-order valence-corrected chi connectivity index (χ0v) is 22.1. The number of rotatable bonds is 8. The van der Waals surface area contributed by atoms with Crippen molar-refractivity contribution in [2.24, 2.45) is 10.3 Å². The van der Waals surface area contributed by atoms with E-state index in [-0.39, 0.29) is 17.6 Å². The van der Waals surface area contributed by atoms with E-state index in [4.69, 9.17) is 9.68 Å². The second-order valence-corrected chi connectivity index (χ2v) is 9.62. The van der Waals surface area contributed by atoms with E-state index in [1.54, 1.807) is 85.5 Å². The molecule has 0 aliphatic carbocycles. The Kier molecular flexibility index (Phi) is 7.45. The van der Waals surface area contributed by atoms with Crippen LogP contribution < -0.4 is 10.6 Å². The molecule has 2 unspecified atom stereocenters. The topological polar surface area (TPSA) is 144 Å². The molecule has 208 valence electrons. The highest BCUT2D eigenvalue weighted by molar-refractivity contribution is 6.10. The lowest BCUT2D eigenvalue weighted by molar-refractivity contribution is -0.126. The molecule has 2 aromatic carbocycles. The number of anilines is 2. The van der Waals surface area contributed by atoms with Crippen molar-refractivity contribution in [1.29, 1.82) is 0 Å². The summed E-state index contributed by atoms with van der Waals surface area (Å²) < 4.78 is 0. The van der Waals surface area contributed by atoms with Gasteiger partial charge in [-0.05, 0) is 72.8 Å². The van der Waals surface area contributed by atoms with Crippen molar-refractivity contribution in [1.82, 2.24) is 9.97 Å². The molecule has 42 heavy (non-hydrogen) atoms. The second kappa shape index (κ2) is 11.8. The first-order valence-corrected chi connectivity index (χ1v) is 13.2. The average molecular weight is 561 g/mol. The van der Waals surface area contributed by atoms with E-state index in [1.165, 1.54) is 0 Å². The molecule has 2 amide bonds. The molecule has 4 heterocycles. The van der Waals surface area contributed by atoms with E-state index in [1.807, 2.05) is 12.1 Å². The smallest absolute Gasteiger partial charge is 0.268 e. The predicted molar refractivity (Wildman–Crippen MR) is 154 cm³/mol. The number of carbonyl (C=O) groups is 3. The van der Waals surface area contributed by atoms with Gasteiger partial charge in [0.15, 0.2) is 5.78 Å². The Morgan fingerprint density at radius 3 is 1.43 bits per heavy atom. The first-order valence-electron chi connectivity index (χ1n) is 13.2. The maximum Gasteiger partial charge on any atom is 0.268 e. The van der Waals surface area contributed by atoms with Gasteiger partial charge in [0.2, 0.25) is 12.2 Å². The van der Waals surface area contributed by atoms with E-state index < -0.39 is 12.2 Å². The van der Waals surface area contributed by atoms with Crippen LogP contribution in [0.3, 0.4) is 0 Å². The highest BCUT2D eigenvalue weighted by Gasteiger charge is 2.30. The lowest BCUT2D eigenvalue weighted by Gasteiger charge is -2.11. The molecular formula is C31H24N6O5. The van der Waals surface area contributed by atoms with Gasteiger partial charge in [0.25, 0.3) is 11.8 Å². The van der Waals surface area contributed by atoms with Gasteiger partial charge in [-0.25, -0.2) is 0 Å². The highest BCUT2D eigenvalue weighted by atomic mass is 16.7. The van der Waals surface area contributed by atoms with Crippen LogP contribution in [0.4, 0.5) is 11.4 Å². The van der Waals surface area contributed by atoms with Crippen molar-refractivity contribution in [3.8, 4) is 0 Å². The third-order valence-electron chi connectivity index (χ3n) is 6.74. The van der Waals surface area contributed by atoms with Crippen molar-refractivity contribution < 1.29 is 24.1 Å². The van der Waals surface area contributed by atoms with Crippen LogP contribution in [0.2, 0.25) is 0 Å². The van der Waals surface area contributed by atoms with Crippen LogP contribution >= 0.6 is 0 Å². The molecular weight excluding hydrogens is 536 g/mol. The van der Waals surface area contributed by atoms with Crippen LogP contribution in [-0.2, 0) is 19.3 Å². The molecule has 2 aromatic heterocycles. The van der Waals surface area contributed by atoms with Gasteiger partial charge in [0.1, 0.15) is 0 Å². The van der Waals surface area contributed by atoms with Gasteiger partial charge in [-0.3, -0.25) is 24.4 Å². The monoisotopic (exact) mass is 560 g/mol. The van der Waals surface area contributed by atoms with E-state index in [2.05, 4.69) is 30.9 Å². The molecule has 0 saturated heterocycles. The fourth-order valence-electron chi connectivity index (χ4n) is 4.47. The normalized spacial score (nSPS) is 17.3. The average Bonchev–Trinajstić information content (AvgIpc) is 3.74. The molecule has 11 nitrogen and oxygen atoms in total. The number of pyridine rings is 2. The summed E-state index contributed by atoms with van der Waals surface area (Å²) in [4.78, 5) is 57.1. The number of benzene rings is 2. The summed E-state index contributed by atoms with van der Waals surface area (Å²) in [6.45, 7) is 0. The number of ketones is 1. The Hall–Kier alpha value is -5.71. The van der Waals surface area contributed by atoms with Crippen LogP contribution in [0.25, 0.3) is 0 Å².